The van der Waals surface area contributed by atoms with Crippen molar-refractivity contribution in [2.45, 2.75) is 13.0 Å². The highest BCUT2D eigenvalue weighted by atomic mass is 32.1. The molecule has 5 nitrogen and oxygen atoms in total. The van der Waals surface area contributed by atoms with Crippen LogP contribution < -0.4 is 5.32 Å². The fourth-order valence-corrected chi connectivity index (χ4v) is 3.40. The third-order valence-corrected chi connectivity index (χ3v) is 4.60. The summed E-state index contributed by atoms with van der Waals surface area (Å²) in [5.74, 6) is 0.751. The van der Waals surface area contributed by atoms with Crippen LogP contribution in [0.3, 0.4) is 0 Å². The second kappa shape index (κ2) is 6.86. The number of benzene rings is 2. The predicted octanol–water partition coefficient (Wildman–Crippen LogP) is 4.56. The highest BCUT2D eigenvalue weighted by Crippen LogP contribution is 2.27. The molecule has 0 bridgehead atoms. The average Bonchev–Trinajstić information content (AvgIpc) is 3.34. The summed E-state index contributed by atoms with van der Waals surface area (Å²) in [6.45, 7) is 2.12. The molecule has 0 fully saturated rings. The molecule has 0 saturated heterocycles. The highest BCUT2D eigenvalue weighted by molar-refractivity contribution is 7.09. The van der Waals surface area contributed by atoms with Crippen molar-refractivity contribution in [3.8, 4) is 17.1 Å². The summed E-state index contributed by atoms with van der Waals surface area (Å²) in [7, 11) is 0. The molecule has 4 rings (SSSR count). The summed E-state index contributed by atoms with van der Waals surface area (Å²) >= 11 is 1.38. The van der Waals surface area contributed by atoms with E-state index in [0.717, 1.165) is 27.8 Å². The topological polar surface area (TPSA) is 55.6 Å². The first-order chi connectivity index (χ1) is 12.3. The number of anilines is 1. The molecule has 124 valence electrons. The van der Waals surface area contributed by atoms with Crippen LogP contribution in [-0.4, -0.2) is 19.1 Å². The zero-order chi connectivity index (χ0) is 17.1. The smallest absolute Gasteiger partial charge is 0.203 e. The SMILES string of the molecule is CC(Nc1nc(-c2ccccc2)ns1)c1ccccc1-n1cccn1. The van der Waals surface area contributed by atoms with Crippen LogP contribution in [0.2, 0.25) is 0 Å². The first-order valence-corrected chi connectivity index (χ1v) is 8.83. The van der Waals surface area contributed by atoms with Crippen LogP contribution in [0.15, 0.2) is 73.1 Å². The molecule has 0 radical (unpaired) electrons. The van der Waals surface area contributed by atoms with Gasteiger partial charge in [-0.15, -0.1) is 0 Å². The molecule has 2 heterocycles. The Labute approximate surface area is 150 Å². The van der Waals surface area contributed by atoms with Crippen molar-refractivity contribution in [2.24, 2.45) is 0 Å². The molecule has 1 atom stereocenters. The van der Waals surface area contributed by atoms with Crippen LogP contribution in [-0.2, 0) is 0 Å². The van der Waals surface area contributed by atoms with Crippen LogP contribution in [0.5, 0.6) is 0 Å². The third kappa shape index (κ3) is 3.29. The maximum Gasteiger partial charge on any atom is 0.203 e. The molecule has 2 aromatic carbocycles. The minimum Gasteiger partial charge on any atom is -0.354 e. The Bertz CT molecular complexity index is 947. The molecule has 1 N–H and O–H groups in total. The third-order valence-electron chi connectivity index (χ3n) is 3.95. The lowest BCUT2D eigenvalue weighted by Crippen LogP contribution is -2.10. The Balaban J connectivity index is 1.58. The Morgan fingerprint density at radius 1 is 1.00 bits per heavy atom. The van der Waals surface area contributed by atoms with Crippen molar-refractivity contribution in [1.29, 1.82) is 0 Å². The number of aromatic nitrogens is 4. The van der Waals surface area contributed by atoms with Crippen LogP contribution >= 0.6 is 11.5 Å². The van der Waals surface area contributed by atoms with Gasteiger partial charge in [-0.25, -0.2) is 4.68 Å². The normalized spacial score (nSPS) is 12.0. The summed E-state index contributed by atoms with van der Waals surface area (Å²) < 4.78 is 6.33. The largest absolute Gasteiger partial charge is 0.354 e. The van der Waals surface area contributed by atoms with Gasteiger partial charge in [-0.2, -0.15) is 14.5 Å². The lowest BCUT2D eigenvalue weighted by atomic mass is 10.1. The molecule has 0 saturated carbocycles. The van der Waals surface area contributed by atoms with E-state index in [4.69, 9.17) is 0 Å². The summed E-state index contributed by atoms with van der Waals surface area (Å²) in [6, 6.07) is 20.2. The molecule has 2 aromatic heterocycles. The molecule has 0 aliphatic heterocycles. The minimum atomic E-state index is 0.0805. The van der Waals surface area contributed by atoms with Crippen molar-refractivity contribution in [3.63, 3.8) is 0 Å². The lowest BCUT2D eigenvalue weighted by molar-refractivity contribution is 0.817. The summed E-state index contributed by atoms with van der Waals surface area (Å²) in [4.78, 5) is 4.61. The van der Waals surface area contributed by atoms with E-state index in [1.165, 1.54) is 11.5 Å². The van der Waals surface area contributed by atoms with Gasteiger partial charge >= 0.3 is 0 Å². The molecule has 6 heteroatoms. The standard InChI is InChI=1S/C19H17N5S/c1-14(16-10-5-6-11-17(16)24-13-7-12-20-24)21-19-22-18(23-25-19)15-8-3-2-4-9-15/h2-14H,1H3,(H,21,22,23). The number of nitrogens with one attached hydrogen (secondary N) is 1. The Morgan fingerprint density at radius 3 is 2.60 bits per heavy atom. The van der Waals surface area contributed by atoms with Gasteiger partial charge in [0.2, 0.25) is 5.13 Å². The Morgan fingerprint density at radius 2 is 1.80 bits per heavy atom. The molecule has 0 amide bonds. The second-order valence-corrected chi connectivity index (χ2v) is 6.42. The van der Waals surface area contributed by atoms with Crippen molar-refractivity contribution in [2.75, 3.05) is 5.32 Å². The lowest BCUT2D eigenvalue weighted by Gasteiger charge is -2.17. The van der Waals surface area contributed by atoms with E-state index in [1.54, 1.807) is 6.20 Å². The molecule has 0 aliphatic carbocycles. The van der Waals surface area contributed by atoms with Crippen molar-refractivity contribution in [1.82, 2.24) is 19.1 Å². The number of hydrogen-bond acceptors (Lipinski definition) is 5. The van der Waals surface area contributed by atoms with Gasteiger partial charge in [0.25, 0.3) is 0 Å². The van der Waals surface area contributed by atoms with Gasteiger partial charge in [0, 0.05) is 29.5 Å². The van der Waals surface area contributed by atoms with Gasteiger partial charge in [0.15, 0.2) is 5.82 Å². The van der Waals surface area contributed by atoms with Crippen LogP contribution in [0.1, 0.15) is 18.5 Å². The zero-order valence-corrected chi connectivity index (χ0v) is 14.5. The van der Waals surface area contributed by atoms with E-state index < -0.39 is 0 Å². The fourth-order valence-electron chi connectivity index (χ4n) is 2.72. The van der Waals surface area contributed by atoms with Crippen molar-refractivity contribution < 1.29 is 0 Å². The van der Waals surface area contributed by atoms with Crippen molar-refractivity contribution in [3.05, 3.63) is 78.6 Å². The Kier molecular flexibility index (Phi) is 4.26. The second-order valence-electron chi connectivity index (χ2n) is 5.66. The van der Waals surface area contributed by atoms with Gasteiger partial charge in [-0.1, -0.05) is 48.5 Å². The monoisotopic (exact) mass is 347 g/mol. The van der Waals surface area contributed by atoms with Gasteiger partial charge in [-0.05, 0) is 24.6 Å². The van der Waals surface area contributed by atoms with E-state index >= 15 is 0 Å². The summed E-state index contributed by atoms with van der Waals surface area (Å²) in [6.07, 6.45) is 3.73. The van der Waals surface area contributed by atoms with E-state index in [2.05, 4.69) is 38.8 Å². The number of rotatable bonds is 5. The van der Waals surface area contributed by atoms with Gasteiger partial charge < -0.3 is 5.32 Å². The first-order valence-electron chi connectivity index (χ1n) is 8.06. The highest BCUT2D eigenvalue weighted by Gasteiger charge is 2.14. The molecular weight excluding hydrogens is 330 g/mol. The minimum absolute atomic E-state index is 0.0805. The van der Waals surface area contributed by atoms with E-state index in [-0.39, 0.29) is 6.04 Å². The van der Waals surface area contributed by atoms with Gasteiger partial charge in [0.05, 0.1) is 11.7 Å². The number of hydrogen-bond donors (Lipinski definition) is 1. The zero-order valence-electron chi connectivity index (χ0n) is 13.7. The van der Waals surface area contributed by atoms with E-state index in [0.29, 0.717) is 0 Å². The predicted molar refractivity (Wildman–Crippen MR) is 101 cm³/mol. The molecule has 0 aliphatic rings. The average molecular weight is 347 g/mol. The quantitative estimate of drug-likeness (QED) is 0.575. The summed E-state index contributed by atoms with van der Waals surface area (Å²) in [5.41, 5.74) is 3.24. The first kappa shape index (κ1) is 15.5. The van der Waals surface area contributed by atoms with E-state index in [9.17, 15) is 0 Å². The molecular formula is C19H17N5S. The molecule has 1 unspecified atom stereocenters. The molecule has 25 heavy (non-hydrogen) atoms. The Hall–Kier alpha value is -2.99. The maximum atomic E-state index is 4.61. The van der Waals surface area contributed by atoms with Crippen LogP contribution in [0, 0.1) is 0 Å². The fraction of sp³-hybridized carbons (Fsp3) is 0.105. The van der Waals surface area contributed by atoms with Crippen LogP contribution in [0.4, 0.5) is 5.13 Å². The van der Waals surface area contributed by atoms with Crippen molar-refractivity contribution >= 4 is 16.7 Å². The summed E-state index contributed by atoms with van der Waals surface area (Å²) in [5, 5.41) is 8.61. The molecule has 4 aromatic rings. The van der Waals surface area contributed by atoms with Gasteiger partial charge in [-0.3, -0.25) is 0 Å². The maximum absolute atomic E-state index is 4.61. The molecule has 0 spiro atoms. The number of nitrogens with zero attached hydrogens (tertiary/aromatic N) is 4. The van der Waals surface area contributed by atoms with Gasteiger partial charge in [0.1, 0.15) is 0 Å². The van der Waals surface area contributed by atoms with E-state index in [1.807, 2.05) is 59.4 Å². The van der Waals surface area contributed by atoms with Crippen LogP contribution in [0.25, 0.3) is 17.1 Å². The number of para-hydroxylation sites is 1.